The first-order valence-corrected chi connectivity index (χ1v) is 27.2. The Morgan fingerprint density at radius 3 is 1.54 bits per heavy atom. The van der Waals surface area contributed by atoms with E-state index in [0.717, 1.165) is 70.6 Å². The van der Waals surface area contributed by atoms with E-state index >= 15 is 0 Å². The summed E-state index contributed by atoms with van der Waals surface area (Å²) in [6, 6.07) is 27.1. The Morgan fingerprint density at radius 1 is 0.653 bits per heavy atom. The van der Waals surface area contributed by atoms with Gasteiger partial charge in [0.15, 0.2) is 5.11 Å². The molecule has 4 aliphatic heterocycles. The smallest absolute Gasteiger partial charge is 0.173 e. The van der Waals surface area contributed by atoms with Crippen molar-refractivity contribution in [3.8, 4) is 0 Å². The molecule has 2 aromatic heterocycles. The largest absolute Gasteiger partial charge is 0.389 e. The van der Waals surface area contributed by atoms with Crippen LogP contribution >= 0.6 is 70.8 Å². The molecule has 4 aromatic carbocycles. The van der Waals surface area contributed by atoms with Crippen molar-refractivity contribution >= 4 is 114 Å². The van der Waals surface area contributed by atoms with Crippen molar-refractivity contribution in [1.82, 2.24) is 30.0 Å². The number of fused-ring (bicyclic) bond motifs is 2. The molecule has 0 spiro atoms. The number of hydrogen-bond acceptors (Lipinski definition) is 10. The zero-order valence-electron chi connectivity index (χ0n) is 40.2. The summed E-state index contributed by atoms with van der Waals surface area (Å²) < 4.78 is 0. The van der Waals surface area contributed by atoms with E-state index in [9.17, 15) is 20.4 Å². The molecule has 6 heterocycles. The molecule has 0 saturated carbocycles. The summed E-state index contributed by atoms with van der Waals surface area (Å²) in [5.41, 5.74) is 4.53. The van der Waals surface area contributed by atoms with E-state index in [1.54, 1.807) is 36.4 Å². The Kier molecular flexibility index (Phi) is 19.1. The molecule has 12 nitrogen and oxygen atoms in total. The molecule has 4 fully saturated rings. The van der Waals surface area contributed by atoms with Gasteiger partial charge in [0.05, 0.1) is 34.3 Å². The number of piperidine rings is 4. The molecular formula is C54H64Cl4N8O4S2. The lowest BCUT2D eigenvalue weighted by Gasteiger charge is -2.43. The second kappa shape index (κ2) is 25.2. The van der Waals surface area contributed by atoms with Crippen LogP contribution < -0.4 is 10.6 Å². The van der Waals surface area contributed by atoms with Crippen LogP contribution in [0.1, 0.15) is 74.3 Å². The fourth-order valence-corrected chi connectivity index (χ4v) is 12.1. The third kappa shape index (κ3) is 14.2. The highest BCUT2D eigenvalue weighted by Gasteiger charge is 2.41. The Hall–Kier alpha value is -3.67. The van der Waals surface area contributed by atoms with Gasteiger partial charge in [-0.1, -0.05) is 82.8 Å². The Bertz CT molecular complexity index is 2760. The highest BCUT2D eigenvalue weighted by molar-refractivity contribution is 7.80. The number of anilines is 1. The Morgan fingerprint density at radius 2 is 1.08 bits per heavy atom. The molecule has 0 aliphatic carbocycles. The van der Waals surface area contributed by atoms with E-state index in [2.05, 4.69) is 114 Å². The minimum absolute atomic E-state index is 0.456. The molecule has 72 heavy (non-hydrogen) atoms. The molecule has 18 heteroatoms. The normalized spacial score (nSPS) is 19.6. The number of rotatable bonds is 10. The van der Waals surface area contributed by atoms with Gasteiger partial charge in [0.2, 0.25) is 0 Å². The number of aliphatic hydroxyl groups excluding tert-OH is 2. The average Bonchev–Trinajstić information content (AvgIpc) is 4.00. The van der Waals surface area contributed by atoms with Crippen molar-refractivity contribution in [3.05, 3.63) is 129 Å². The van der Waals surface area contributed by atoms with Crippen molar-refractivity contribution in [2.75, 3.05) is 70.8 Å². The summed E-state index contributed by atoms with van der Waals surface area (Å²) >= 11 is 33.5. The van der Waals surface area contributed by atoms with Gasteiger partial charge in [-0.2, -0.15) is 4.99 Å². The summed E-state index contributed by atoms with van der Waals surface area (Å²) in [7, 11) is 0. The zero-order chi connectivity index (χ0) is 50.8. The number of para-hydroxylation sites is 2. The maximum atomic E-state index is 11.2. The zero-order valence-corrected chi connectivity index (χ0v) is 44.8. The summed E-state index contributed by atoms with van der Waals surface area (Å²) in [6.07, 6.45) is 9.37. The predicted octanol–water partition coefficient (Wildman–Crippen LogP) is 10.8. The first kappa shape index (κ1) is 54.6. The van der Waals surface area contributed by atoms with Crippen LogP contribution in [0.3, 0.4) is 0 Å². The maximum absolute atomic E-state index is 11.2. The SMILES string of the molecule is OC(CN1CCC(c2c[nH]c3ccccc23)CC1)C1(O)CCN(C(=S)Nc2cc(Cl)cc(Cl)c2)CC1.OC(CN1CCC(c2c[nH]c3ccccc23)CC1)C1(O)CCNCC1.S=C=Nc1cc(Cl)cc(Cl)c1. The first-order valence-electron chi connectivity index (χ1n) is 24.8. The number of H-pyrrole nitrogens is 2. The number of aromatic amines is 2. The molecule has 8 N–H and O–H groups in total. The van der Waals surface area contributed by atoms with Crippen molar-refractivity contribution < 1.29 is 20.4 Å². The van der Waals surface area contributed by atoms with Gasteiger partial charge in [-0.05, 0) is 187 Å². The predicted molar refractivity (Wildman–Crippen MR) is 302 cm³/mol. The van der Waals surface area contributed by atoms with Crippen molar-refractivity contribution in [2.24, 2.45) is 4.99 Å². The number of halogens is 4. The van der Waals surface area contributed by atoms with Crippen LogP contribution in [-0.4, -0.2) is 144 Å². The molecule has 6 aromatic rings. The van der Waals surface area contributed by atoms with E-state index in [1.807, 2.05) is 4.90 Å². The number of nitrogens with zero attached hydrogens (tertiary/aromatic N) is 4. The monoisotopic (exact) mass is 1090 g/mol. The summed E-state index contributed by atoms with van der Waals surface area (Å²) in [5, 5.41) is 57.5. The van der Waals surface area contributed by atoms with Crippen LogP contribution in [0.25, 0.3) is 21.8 Å². The number of aromatic nitrogens is 2. The number of hydrogen-bond donors (Lipinski definition) is 8. The molecule has 4 aliphatic rings. The van der Waals surface area contributed by atoms with Crippen LogP contribution in [0.15, 0.2) is 102 Å². The highest BCUT2D eigenvalue weighted by atomic mass is 35.5. The standard InChI is InChI=1S/C27H32Cl2N4O2S.C20H29N3O2.C7H3Cl2NS/c28-19-13-20(29)15-21(14-19)31-26(36)33-11-7-27(35,8-12-33)25(34)17-32-9-5-18(6-10-32)23-16-30-24-4-2-1-3-22(23)24;24-19(20(25)7-9-21-10-8-20)14-23-11-5-15(6-12-23)17-13-22-18-4-2-1-3-16(17)18;8-5-1-6(9)3-7(2-5)10-4-11/h1-4,13-16,18,25,30,34-35H,5-12,17H2,(H,31,36);1-4,13,15,19,21-22,24-25H,5-12,14H2;1-3H. The molecule has 0 amide bonds. The van der Waals surface area contributed by atoms with Gasteiger partial charge in [-0.15, -0.1) is 0 Å². The summed E-state index contributed by atoms with van der Waals surface area (Å²) in [6.45, 7) is 7.57. The van der Waals surface area contributed by atoms with Crippen molar-refractivity contribution in [3.63, 3.8) is 0 Å². The molecule has 2 atom stereocenters. The number of aliphatic hydroxyl groups is 4. The number of thiocarbonyl (C=S) groups is 2. The number of isothiocyanates is 1. The fraction of sp³-hybridized carbons (Fsp3) is 0.444. The van der Waals surface area contributed by atoms with Gasteiger partial charge < -0.3 is 55.7 Å². The summed E-state index contributed by atoms with van der Waals surface area (Å²) in [4.78, 5) is 17.1. The molecule has 2 unspecified atom stereocenters. The molecular weight excluding hydrogens is 1030 g/mol. The number of β-amino-alcohol motifs (C(OH)–C–C–N with tert-alkyl or cyclic N) is 2. The van der Waals surface area contributed by atoms with Crippen LogP contribution in [0, 0.1) is 0 Å². The summed E-state index contributed by atoms with van der Waals surface area (Å²) in [5.74, 6) is 1.09. The van der Waals surface area contributed by atoms with Crippen LogP contribution in [0.4, 0.5) is 11.4 Å². The topological polar surface area (TPSA) is 159 Å². The number of likely N-dealkylation sites (tertiary alicyclic amines) is 3. The molecule has 0 radical (unpaired) electrons. The first-order chi connectivity index (χ1) is 34.7. The van der Waals surface area contributed by atoms with E-state index in [4.69, 9.17) is 58.6 Å². The minimum Gasteiger partial charge on any atom is -0.389 e. The third-order valence-corrected chi connectivity index (χ3v) is 16.2. The van der Waals surface area contributed by atoms with Crippen molar-refractivity contribution in [2.45, 2.75) is 86.6 Å². The van der Waals surface area contributed by atoms with Crippen LogP contribution in [-0.2, 0) is 0 Å². The van der Waals surface area contributed by atoms with Gasteiger partial charge in [0.25, 0.3) is 0 Å². The van der Waals surface area contributed by atoms with Crippen LogP contribution in [0.2, 0.25) is 20.1 Å². The van der Waals surface area contributed by atoms with Gasteiger partial charge in [0.1, 0.15) is 0 Å². The number of aliphatic imine (C=N–C) groups is 1. The molecule has 384 valence electrons. The lowest BCUT2D eigenvalue weighted by atomic mass is 9.84. The lowest BCUT2D eigenvalue weighted by Crippen LogP contribution is -2.56. The fourth-order valence-electron chi connectivity index (χ4n) is 10.7. The van der Waals surface area contributed by atoms with Gasteiger partial charge in [0, 0.05) is 86.2 Å². The van der Waals surface area contributed by atoms with Crippen molar-refractivity contribution in [1.29, 1.82) is 0 Å². The Labute approximate surface area is 452 Å². The molecule has 4 saturated heterocycles. The van der Waals surface area contributed by atoms with Gasteiger partial charge in [-0.3, -0.25) is 0 Å². The van der Waals surface area contributed by atoms with E-state index in [0.29, 0.717) is 94.6 Å². The molecule has 10 rings (SSSR count). The maximum Gasteiger partial charge on any atom is 0.173 e. The minimum atomic E-state index is -1.11. The van der Waals surface area contributed by atoms with E-state index in [1.165, 1.54) is 32.9 Å². The van der Waals surface area contributed by atoms with Gasteiger partial charge >= 0.3 is 0 Å². The van der Waals surface area contributed by atoms with Crippen LogP contribution in [0.5, 0.6) is 0 Å². The average molecular weight is 1100 g/mol. The number of benzene rings is 4. The number of nitrogens with one attached hydrogen (secondary N) is 4. The third-order valence-electron chi connectivity index (χ3n) is 14.9. The second-order valence-corrected chi connectivity index (χ2v) is 21.9. The second-order valence-electron chi connectivity index (χ2n) is 19.6. The van der Waals surface area contributed by atoms with E-state index < -0.39 is 23.4 Å². The Balaban J connectivity index is 0.000000166. The van der Waals surface area contributed by atoms with Gasteiger partial charge in [-0.25, -0.2) is 0 Å². The van der Waals surface area contributed by atoms with E-state index in [-0.39, 0.29) is 0 Å². The lowest BCUT2D eigenvalue weighted by molar-refractivity contribution is -0.112. The highest BCUT2D eigenvalue weighted by Crippen LogP contribution is 2.36. The quantitative estimate of drug-likeness (QED) is 0.0488. The molecule has 0 bridgehead atoms.